The molecule has 1 heterocycles. The summed E-state index contributed by atoms with van der Waals surface area (Å²) in [7, 11) is 0. The molecule has 2 atom stereocenters. The van der Waals surface area contributed by atoms with Gasteiger partial charge < -0.3 is 10.5 Å². The Balaban J connectivity index is 1.86. The fraction of sp³-hybridized carbons (Fsp3) is 0.615. The van der Waals surface area contributed by atoms with Gasteiger partial charge in [-0.25, -0.2) is 9.37 Å². The Labute approximate surface area is 101 Å². The number of hydrogen-bond acceptors (Lipinski definition) is 3. The van der Waals surface area contributed by atoms with Crippen LogP contribution >= 0.6 is 0 Å². The smallest absolute Gasteiger partial charge is 0.213 e. The fourth-order valence-electron chi connectivity index (χ4n) is 2.45. The molecular weight excluding hydrogens is 219 g/mol. The third-order valence-electron chi connectivity index (χ3n) is 3.51. The summed E-state index contributed by atoms with van der Waals surface area (Å²) in [4.78, 5) is 3.89. The third-order valence-corrected chi connectivity index (χ3v) is 3.51. The molecule has 1 aliphatic carbocycles. The molecule has 1 aromatic rings. The van der Waals surface area contributed by atoms with Crippen LogP contribution in [0.2, 0.25) is 0 Å². The van der Waals surface area contributed by atoms with E-state index in [4.69, 9.17) is 10.5 Å². The van der Waals surface area contributed by atoms with E-state index >= 15 is 0 Å². The first-order chi connectivity index (χ1) is 8.29. The molecule has 0 saturated heterocycles. The van der Waals surface area contributed by atoms with Gasteiger partial charge in [0, 0.05) is 6.07 Å². The van der Waals surface area contributed by atoms with Crippen LogP contribution in [0.25, 0.3) is 0 Å². The third kappa shape index (κ3) is 3.40. The number of rotatable bonds is 4. The van der Waals surface area contributed by atoms with Crippen molar-refractivity contribution in [3.63, 3.8) is 0 Å². The van der Waals surface area contributed by atoms with Crippen molar-refractivity contribution in [3.05, 3.63) is 24.1 Å². The van der Waals surface area contributed by atoms with E-state index in [9.17, 15) is 4.39 Å². The van der Waals surface area contributed by atoms with Crippen LogP contribution in [0.15, 0.2) is 18.3 Å². The van der Waals surface area contributed by atoms with Crippen molar-refractivity contribution >= 4 is 0 Å². The molecule has 0 amide bonds. The number of pyridine rings is 1. The van der Waals surface area contributed by atoms with E-state index in [1.54, 1.807) is 6.07 Å². The van der Waals surface area contributed by atoms with E-state index < -0.39 is 0 Å². The van der Waals surface area contributed by atoms with Gasteiger partial charge in [0.15, 0.2) is 0 Å². The quantitative estimate of drug-likeness (QED) is 0.876. The normalized spacial score (nSPS) is 24.6. The van der Waals surface area contributed by atoms with Gasteiger partial charge in [-0.2, -0.15) is 0 Å². The lowest BCUT2D eigenvalue weighted by Gasteiger charge is -2.30. The summed E-state index contributed by atoms with van der Waals surface area (Å²) in [5, 5.41) is 0. The summed E-state index contributed by atoms with van der Waals surface area (Å²) < 4.78 is 18.3. The summed E-state index contributed by atoms with van der Waals surface area (Å²) in [6.07, 6.45) is 6.07. The second-order valence-electron chi connectivity index (χ2n) is 4.67. The number of nitrogens with two attached hydrogens (primary N) is 1. The Morgan fingerprint density at radius 2 is 2.06 bits per heavy atom. The number of nitrogens with zero attached hydrogens (tertiary/aromatic N) is 1. The minimum Gasteiger partial charge on any atom is -0.477 e. The molecule has 1 fully saturated rings. The van der Waals surface area contributed by atoms with Crippen LogP contribution in [-0.2, 0) is 0 Å². The Hall–Kier alpha value is -1.16. The molecule has 94 valence electrons. The minimum atomic E-state index is -0.338. The SMILES string of the molecule is NCC1CCCCC1COc1ccc(F)cn1. The maximum Gasteiger partial charge on any atom is 0.213 e. The topological polar surface area (TPSA) is 48.1 Å². The highest BCUT2D eigenvalue weighted by Gasteiger charge is 2.24. The van der Waals surface area contributed by atoms with Crippen LogP contribution in [0, 0.1) is 17.7 Å². The molecule has 2 rings (SSSR count). The van der Waals surface area contributed by atoms with Crippen LogP contribution in [0.1, 0.15) is 25.7 Å². The predicted molar refractivity (Wildman–Crippen MR) is 64.2 cm³/mol. The lowest BCUT2D eigenvalue weighted by Crippen LogP contribution is -2.30. The zero-order valence-corrected chi connectivity index (χ0v) is 9.94. The molecular formula is C13H19FN2O. The minimum absolute atomic E-state index is 0.338. The molecule has 3 nitrogen and oxygen atoms in total. The van der Waals surface area contributed by atoms with Gasteiger partial charge in [-0.05, 0) is 37.3 Å². The van der Waals surface area contributed by atoms with E-state index in [0.717, 1.165) is 6.54 Å². The summed E-state index contributed by atoms with van der Waals surface area (Å²) in [6, 6.07) is 2.93. The van der Waals surface area contributed by atoms with Gasteiger partial charge in [0.1, 0.15) is 5.82 Å². The highest BCUT2D eigenvalue weighted by Crippen LogP contribution is 2.29. The first-order valence-corrected chi connectivity index (χ1v) is 6.24. The molecule has 2 unspecified atom stereocenters. The molecule has 0 aromatic carbocycles. The number of halogens is 1. The number of aromatic nitrogens is 1. The molecule has 2 N–H and O–H groups in total. The van der Waals surface area contributed by atoms with Crippen molar-refractivity contribution in [3.8, 4) is 5.88 Å². The van der Waals surface area contributed by atoms with Crippen LogP contribution in [-0.4, -0.2) is 18.1 Å². The summed E-state index contributed by atoms with van der Waals surface area (Å²) >= 11 is 0. The lowest BCUT2D eigenvalue weighted by atomic mass is 9.80. The zero-order valence-electron chi connectivity index (χ0n) is 9.94. The van der Waals surface area contributed by atoms with Crippen LogP contribution in [0.5, 0.6) is 5.88 Å². The van der Waals surface area contributed by atoms with E-state index in [0.29, 0.717) is 24.3 Å². The fourth-order valence-corrected chi connectivity index (χ4v) is 2.45. The highest BCUT2D eigenvalue weighted by molar-refractivity contribution is 5.10. The molecule has 0 spiro atoms. The lowest BCUT2D eigenvalue weighted by molar-refractivity contribution is 0.149. The molecule has 17 heavy (non-hydrogen) atoms. The van der Waals surface area contributed by atoms with Crippen LogP contribution < -0.4 is 10.5 Å². The second kappa shape index (κ2) is 5.96. The maximum absolute atomic E-state index is 12.7. The monoisotopic (exact) mass is 238 g/mol. The molecule has 1 saturated carbocycles. The van der Waals surface area contributed by atoms with Crippen LogP contribution in [0.3, 0.4) is 0 Å². The van der Waals surface area contributed by atoms with Gasteiger partial charge in [-0.3, -0.25) is 0 Å². The van der Waals surface area contributed by atoms with Gasteiger partial charge in [-0.1, -0.05) is 12.8 Å². The first kappa shape index (κ1) is 12.3. The maximum atomic E-state index is 12.7. The van der Waals surface area contributed by atoms with Gasteiger partial charge in [0.05, 0.1) is 12.8 Å². The van der Waals surface area contributed by atoms with E-state index in [1.165, 1.54) is 37.9 Å². The van der Waals surface area contributed by atoms with Gasteiger partial charge in [0.25, 0.3) is 0 Å². The van der Waals surface area contributed by atoms with Crippen molar-refractivity contribution in [2.24, 2.45) is 17.6 Å². The number of ether oxygens (including phenoxy) is 1. The number of hydrogen-bond donors (Lipinski definition) is 1. The van der Waals surface area contributed by atoms with Gasteiger partial charge in [-0.15, -0.1) is 0 Å². The van der Waals surface area contributed by atoms with Crippen molar-refractivity contribution in [1.29, 1.82) is 0 Å². The summed E-state index contributed by atoms with van der Waals surface area (Å²) in [5.41, 5.74) is 5.76. The molecule has 1 aliphatic rings. The molecule has 0 radical (unpaired) electrons. The van der Waals surface area contributed by atoms with E-state index in [2.05, 4.69) is 4.98 Å². The Morgan fingerprint density at radius 1 is 1.29 bits per heavy atom. The molecule has 1 aromatic heterocycles. The average Bonchev–Trinajstić information content (AvgIpc) is 2.38. The Morgan fingerprint density at radius 3 is 2.71 bits per heavy atom. The Bertz CT molecular complexity index is 342. The molecule has 4 heteroatoms. The summed E-state index contributed by atoms with van der Waals surface area (Å²) in [6.45, 7) is 1.37. The van der Waals surface area contributed by atoms with Crippen molar-refractivity contribution in [2.75, 3.05) is 13.2 Å². The standard InChI is InChI=1S/C13H19FN2O/c14-12-5-6-13(16-8-12)17-9-11-4-2-1-3-10(11)7-15/h5-6,8,10-11H,1-4,7,9,15H2. The van der Waals surface area contributed by atoms with E-state index in [1.807, 2.05) is 0 Å². The van der Waals surface area contributed by atoms with E-state index in [-0.39, 0.29) is 5.82 Å². The highest BCUT2D eigenvalue weighted by atomic mass is 19.1. The first-order valence-electron chi connectivity index (χ1n) is 6.24. The second-order valence-corrected chi connectivity index (χ2v) is 4.67. The predicted octanol–water partition coefficient (Wildman–Crippen LogP) is 2.36. The van der Waals surface area contributed by atoms with Crippen molar-refractivity contribution in [2.45, 2.75) is 25.7 Å². The van der Waals surface area contributed by atoms with Crippen molar-refractivity contribution < 1.29 is 9.13 Å². The molecule has 0 bridgehead atoms. The van der Waals surface area contributed by atoms with Crippen LogP contribution in [0.4, 0.5) is 4.39 Å². The van der Waals surface area contributed by atoms with Crippen molar-refractivity contribution in [1.82, 2.24) is 4.98 Å². The van der Waals surface area contributed by atoms with Gasteiger partial charge >= 0.3 is 0 Å². The zero-order chi connectivity index (χ0) is 12.1. The largest absolute Gasteiger partial charge is 0.477 e. The summed E-state index contributed by atoms with van der Waals surface area (Å²) in [5.74, 6) is 1.23. The Kier molecular flexibility index (Phi) is 4.31. The molecule has 0 aliphatic heterocycles. The van der Waals surface area contributed by atoms with Gasteiger partial charge in [0.2, 0.25) is 5.88 Å². The average molecular weight is 238 g/mol.